The molecule has 13 heavy (non-hydrogen) atoms. The number of hydrogen-bond acceptors (Lipinski definition) is 2. The van der Waals surface area contributed by atoms with Gasteiger partial charge in [0.1, 0.15) is 0 Å². The second-order valence-electron chi connectivity index (χ2n) is 2.96. The van der Waals surface area contributed by atoms with Crippen LogP contribution in [0.2, 0.25) is 0 Å². The molecule has 1 aromatic carbocycles. The lowest BCUT2D eigenvalue weighted by Crippen LogP contribution is -2.09. The lowest BCUT2D eigenvalue weighted by atomic mass is 10.1. The third kappa shape index (κ3) is 3.10. The van der Waals surface area contributed by atoms with E-state index in [-0.39, 0.29) is 6.04 Å². The van der Waals surface area contributed by atoms with Crippen molar-refractivity contribution in [1.29, 1.82) is 5.26 Å². The molecule has 0 aliphatic rings. The molecule has 0 spiro atoms. The van der Waals surface area contributed by atoms with Crippen molar-refractivity contribution in [3.63, 3.8) is 0 Å². The Morgan fingerprint density at radius 1 is 1.54 bits per heavy atom. The first-order valence-electron chi connectivity index (χ1n) is 4.16. The van der Waals surface area contributed by atoms with Crippen LogP contribution in [-0.4, -0.2) is 6.04 Å². The molecule has 0 aliphatic heterocycles. The highest BCUT2D eigenvalue weighted by Crippen LogP contribution is 2.06. The van der Waals surface area contributed by atoms with Gasteiger partial charge in [0.15, 0.2) is 0 Å². The third-order valence-electron chi connectivity index (χ3n) is 1.61. The average Bonchev–Trinajstić information content (AvgIpc) is 2.15. The van der Waals surface area contributed by atoms with Gasteiger partial charge < -0.3 is 5.73 Å². The summed E-state index contributed by atoms with van der Waals surface area (Å²) >= 11 is 0. The zero-order valence-electron chi connectivity index (χ0n) is 7.57. The first kappa shape index (κ1) is 9.50. The largest absolute Gasteiger partial charge is 0.325 e. The predicted octanol–water partition coefficient (Wildman–Crippen LogP) is 1.92. The Balaban J connectivity index is 2.85. The van der Waals surface area contributed by atoms with E-state index in [1.807, 2.05) is 37.3 Å². The standard InChI is InChI=1S/C11H12N2/c1-9(13)5-6-10-3-2-4-11(7-10)8-12/h2-7,9H,13H2,1H3/b6-5+. The zero-order valence-corrected chi connectivity index (χ0v) is 7.57. The summed E-state index contributed by atoms with van der Waals surface area (Å²) < 4.78 is 0. The average molecular weight is 172 g/mol. The van der Waals surface area contributed by atoms with Crippen molar-refractivity contribution < 1.29 is 0 Å². The number of nitrogens with zero attached hydrogens (tertiary/aromatic N) is 1. The van der Waals surface area contributed by atoms with Crippen LogP contribution in [0.3, 0.4) is 0 Å². The minimum Gasteiger partial charge on any atom is -0.325 e. The van der Waals surface area contributed by atoms with Crippen LogP contribution in [0.25, 0.3) is 6.08 Å². The van der Waals surface area contributed by atoms with Crippen molar-refractivity contribution in [2.24, 2.45) is 5.73 Å². The smallest absolute Gasteiger partial charge is 0.0991 e. The van der Waals surface area contributed by atoms with E-state index < -0.39 is 0 Å². The lowest BCUT2D eigenvalue weighted by Gasteiger charge is -1.96. The summed E-state index contributed by atoms with van der Waals surface area (Å²) in [6.45, 7) is 1.91. The molecule has 1 atom stereocenters. The van der Waals surface area contributed by atoms with E-state index in [9.17, 15) is 0 Å². The van der Waals surface area contributed by atoms with Gasteiger partial charge >= 0.3 is 0 Å². The van der Waals surface area contributed by atoms with Gasteiger partial charge in [-0.25, -0.2) is 0 Å². The van der Waals surface area contributed by atoms with E-state index in [4.69, 9.17) is 11.0 Å². The molecule has 2 N–H and O–H groups in total. The van der Waals surface area contributed by atoms with E-state index in [0.717, 1.165) is 5.56 Å². The fraction of sp³-hybridized carbons (Fsp3) is 0.182. The molecular weight excluding hydrogens is 160 g/mol. The van der Waals surface area contributed by atoms with E-state index >= 15 is 0 Å². The van der Waals surface area contributed by atoms with Crippen LogP contribution >= 0.6 is 0 Å². The van der Waals surface area contributed by atoms with Crippen molar-refractivity contribution in [3.8, 4) is 6.07 Å². The molecule has 0 bridgehead atoms. The molecule has 0 fully saturated rings. The summed E-state index contributed by atoms with van der Waals surface area (Å²) in [5.74, 6) is 0. The van der Waals surface area contributed by atoms with Gasteiger partial charge in [-0.3, -0.25) is 0 Å². The van der Waals surface area contributed by atoms with E-state index in [0.29, 0.717) is 5.56 Å². The molecular formula is C11H12N2. The molecule has 0 saturated carbocycles. The molecule has 0 saturated heterocycles. The van der Waals surface area contributed by atoms with E-state index in [1.165, 1.54) is 0 Å². The van der Waals surface area contributed by atoms with Gasteiger partial charge in [0.2, 0.25) is 0 Å². The monoisotopic (exact) mass is 172 g/mol. The highest BCUT2D eigenvalue weighted by molar-refractivity contribution is 5.52. The van der Waals surface area contributed by atoms with Gasteiger partial charge in [0.25, 0.3) is 0 Å². The summed E-state index contributed by atoms with van der Waals surface area (Å²) in [4.78, 5) is 0. The molecule has 2 heteroatoms. The quantitative estimate of drug-likeness (QED) is 0.740. The van der Waals surface area contributed by atoms with Crippen LogP contribution in [0, 0.1) is 11.3 Å². The zero-order chi connectivity index (χ0) is 9.68. The highest BCUT2D eigenvalue weighted by Gasteiger charge is 1.91. The van der Waals surface area contributed by atoms with E-state index in [1.54, 1.807) is 6.07 Å². The minimum absolute atomic E-state index is 0.0470. The maximum Gasteiger partial charge on any atom is 0.0991 e. The second-order valence-corrected chi connectivity index (χ2v) is 2.96. The summed E-state index contributed by atoms with van der Waals surface area (Å²) in [6, 6.07) is 9.55. The predicted molar refractivity (Wildman–Crippen MR) is 53.8 cm³/mol. The van der Waals surface area contributed by atoms with Crippen molar-refractivity contribution in [1.82, 2.24) is 0 Å². The van der Waals surface area contributed by atoms with Crippen molar-refractivity contribution in [3.05, 3.63) is 41.5 Å². The Morgan fingerprint density at radius 2 is 2.31 bits per heavy atom. The molecule has 0 radical (unpaired) electrons. The van der Waals surface area contributed by atoms with Gasteiger partial charge in [0, 0.05) is 6.04 Å². The van der Waals surface area contributed by atoms with Crippen LogP contribution in [0.1, 0.15) is 18.1 Å². The third-order valence-corrected chi connectivity index (χ3v) is 1.61. The number of nitrogens with two attached hydrogens (primary N) is 1. The Kier molecular flexibility index (Phi) is 3.24. The number of benzene rings is 1. The summed E-state index contributed by atoms with van der Waals surface area (Å²) in [5.41, 5.74) is 7.24. The summed E-state index contributed by atoms with van der Waals surface area (Å²) in [6.07, 6.45) is 3.82. The molecule has 0 heterocycles. The normalized spacial score (nSPS) is 12.7. The number of nitriles is 1. The molecule has 0 amide bonds. The maximum absolute atomic E-state index is 8.64. The number of hydrogen-bond donors (Lipinski definition) is 1. The molecule has 0 aromatic heterocycles. The first-order valence-corrected chi connectivity index (χ1v) is 4.16. The van der Waals surface area contributed by atoms with Gasteiger partial charge in [-0.15, -0.1) is 0 Å². The van der Waals surface area contributed by atoms with Crippen LogP contribution in [0.15, 0.2) is 30.3 Å². The number of rotatable bonds is 2. The minimum atomic E-state index is 0.0470. The summed E-state index contributed by atoms with van der Waals surface area (Å²) in [5, 5.41) is 8.64. The van der Waals surface area contributed by atoms with Gasteiger partial charge in [-0.2, -0.15) is 5.26 Å². The van der Waals surface area contributed by atoms with Crippen LogP contribution in [0.4, 0.5) is 0 Å². The van der Waals surface area contributed by atoms with Crippen LogP contribution < -0.4 is 5.73 Å². The fourth-order valence-corrected chi connectivity index (χ4v) is 0.975. The first-order chi connectivity index (χ1) is 6.22. The van der Waals surface area contributed by atoms with Crippen molar-refractivity contribution in [2.75, 3.05) is 0 Å². The van der Waals surface area contributed by atoms with Crippen LogP contribution in [-0.2, 0) is 0 Å². The summed E-state index contributed by atoms with van der Waals surface area (Å²) in [7, 11) is 0. The molecule has 1 rings (SSSR count). The molecule has 66 valence electrons. The Bertz CT molecular complexity index is 345. The molecule has 1 unspecified atom stereocenters. The Hall–Kier alpha value is -1.59. The topological polar surface area (TPSA) is 49.8 Å². The molecule has 2 nitrogen and oxygen atoms in total. The maximum atomic E-state index is 8.64. The lowest BCUT2D eigenvalue weighted by molar-refractivity contribution is 0.931. The molecule has 0 aliphatic carbocycles. The SMILES string of the molecule is CC(N)/C=C/c1cccc(C#N)c1. The van der Waals surface area contributed by atoms with Gasteiger partial charge in [-0.05, 0) is 24.6 Å². The van der Waals surface area contributed by atoms with Crippen LogP contribution in [0.5, 0.6) is 0 Å². The van der Waals surface area contributed by atoms with Crippen molar-refractivity contribution >= 4 is 6.08 Å². The van der Waals surface area contributed by atoms with Gasteiger partial charge in [-0.1, -0.05) is 24.3 Å². The molecule has 1 aromatic rings. The fourth-order valence-electron chi connectivity index (χ4n) is 0.975. The van der Waals surface area contributed by atoms with Crippen molar-refractivity contribution in [2.45, 2.75) is 13.0 Å². The second kappa shape index (κ2) is 4.44. The Morgan fingerprint density at radius 3 is 2.92 bits per heavy atom. The Labute approximate surface area is 78.3 Å². The van der Waals surface area contributed by atoms with E-state index in [2.05, 4.69) is 6.07 Å². The van der Waals surface area contributed by atoms with Gasteiger partial charge in [0.05, 0.1) is 11.6 Å². The highest BCUT2D eigenvalue weighted by atomic mass is 14.6.